The normalized spacial score (nSPS) is 11.8. The predicted octanol–water partition coefficient (Wildman–Crippen LogP) is 13.6. The zero-order valence-electron chi connectivity index (χ0n) is 27.9. The second-order valence-electron chi connectivity index (χ2n) is 13.1. The molecule has 0 atom stereocenters. The molecule has 0 bridgehead atoms. The van der Waals surface area contributed by atoms with Crippen LogP contribution in [0.2, 0.25) is 0 Å². The van der Waals surface area contributed by atoms with Gasteiger partial charge in [-0.15, -0.1) is 11.3 Å². The van der Waals surface area contributed by atoms with Crippen LogP contribution in [0.25, 0.3) is 81.0 Å². The smallest absolute Gasteiger partial charge is 0.227 e. The van der Waals surface area contributed by atoms with Gasteiger partial charge < -0.3 is 13.9 Å². The van der Waals surface area contributed by atoms with Gasteiger partial charge in [0.1, 0.15) is 5.52 Å². The average Bonchev–Trinajstić information content (AvgIpc) is 3.92. The molecular formula is C47H29N3OS. The van der Waals surface area contributed by atoms with Crippen molar-refractivity contribution < 1.29 is 4.42 Å². The van der Waals surface area contributed by atoms with E-state index < -0.39 is 0 Å². The second kappa shape index (κ2) is 11.4. The third-order valence-corrected chi connectivity index (χ3v) is 11.3. The molecular weight excluding hydrogens is 655 g/mol. The van der Waals surface area contributed by atoms with Crippen molar-refractivity contribution in [1.29, 1.82) is 0 Å². The summed E-state index contributed by atoms with van der Waals surface area (Å²) in [6.07, 6.45) is 0. The van der Waals surface area contributed by atoms with E-state index in [0.717, 1.165) is 39.4 Å². The molecule has 0 aliphatic carbocycles. The summed E-state index contributed by atoms with van der Waals surface area (Å²) in [5.41, 5.74) is 9.09. The van der Waals surface area contributed by atoms with Crippen molar-refractivity contribution in [3.05, 3.63) is 176 Å². The Balaban J connectivity index is 1.24. The Morgan fingerprint density at radius 3 is 2.13 bits per heavy atom. The van der Waals surface area contributed by atoms with Gasteiger partial charge in [0.25, 0.3) is 0 Å². The van der Waals surface area contributed by atoms with Gasteiger partial charge in [-0.05, 0) is 78.2 Å². The van der Waals surface area contributed by atoms with Crippen LogP contribution in [0, 0.1) is 0 Å². The molecule has 0 fully saturated rings. The van der Waals surface area contributed by atoms with E-state index in [1.54, 1.807) is 0 Å². The number of fused-ring (bicyclic) bond motifs is 9. The summed E-state index contributed by atoms with van der Waals surface area (Å²) in [6.45, 7) is 0. The number of hydrogen-bond acceptors (Lipinski definition) is 4. The zero-order chi connectivity index (χ0) is 34.2. The number of hydrogen-bond donors (Lipinski definition) is 0. The van der Waals surface area contributed by atoms with E-state index in [4.69, 9.17) is 9.40 Å². The number of benzene rings is 8. The Hall–Kier alpha value is -6.69. The number of aromatic nitrogens is 2. The lowest BCUT2D eigenvalue weighted by molar-refractivity contribution is 0.620. The lowest BCUT2D eigenvalue weighted by Gasteiger charge is -2.27. The standard InChI is InChI=1S/C47H29N3OS/c1-3-13-31(14-4-1)47-48-38-19-11-22-41(46(38)51-47)49(40-21-12-24-43-44(40)36-18-8-10-23-42(36)52-43)33-27-25-30-26-28-35-34-17-7-9-20-39(34)50(45(35)37(30)29-33)32-15-5-2-6-16-32/h1-29H. The topological polar surface area (TPSA) is 34.2 Å². The number of thiophene rings is 1. The highest BCUT2D eigenvalue weighted by atomic mass is 32.1. The molecule has 3 heterocycles. The first-order valence-corrected chi connectivity index (χ1v) is 18.3. The molecule has 0 saturated carbocycles. The van der Waals surface area contributed by atoms with Crippen LogP contribution in [0.4, 0.5) is 17.1 Å². The van der Waals surface area contributed by atoms with Crippen LogP contribution >= 0.6 is 11.3 Å². The lowest BCUT2D eigenvalue weighted by Crippen LogP contribution is -2.10. The van der Waals surface area contributed by atoms with E-state index in [9.17, 15) is 0 Å². The summed E-state index contributed by atoms with van der Waals surface area (Å²) in [6, 6.07) is 62.5. The van der Waals surface area contributed by atoms with Crippen LogP contribution in [0.15, 0.2) is 180 Å². The Kier molecular flexibility index (Phi) is 6.39. The summed E-state index contributed by atoms with van der Waals surface area (Å²) in [5, 5.41) is 7.29. The van der Waals surface area contributed by atoms with Crippen molar-refractivity contribution >= 4 is 92.2 Å². The molecule has 11 aromatic rings. The lowest BCUT2D eigenvalue weighted by atomic mass is 10.0. The molecule has 244 valence electrons. The molecule has 0 unspecified atom stereocenters. The molecule has 0 radical (unpaired) electrons. The predicted molar refractivity (Wildman–Crippen MR) is 219 cm³/mol. The summed E-state index contributed by atoms with van der Waals surface area (Å²) in [5.74, 6) is 0.606. The Morgan fingerprint density at radius 1 is 0.538 bits per heavy atom. The molecule has 11 rings (SSSR count). The molecule has 0 aliphatic rings. The van der Waals surface area contributed by atoms with Crippen molar-refractivity contribution in [2.45, 2.75) is 0 Å². The van der Waals surface area contributed by atoms with Gasteiger partial charge >= 0.3 is 0 Å². The first kappa shape index (κ1) is 29.1. The zero-order valence-corrected chi connectivity index (χ0v) is 28.7. The Bertz CT molecular complexity index is 3140. The molecule has 8 aromatic carbocycles. The van der Waals surface area contributed by atoms with Crippen LogP contribution in [0.5, 0.6) is 0 Å². The van der Waals surface area contributed by atoms with Gasteiger partial charge in [0, 0.05) is 53.3 Å². The van der Waals surface area contributed by atoms with Crippen LogP contribution in [0.1, 0.15) is 0 Å². The van der Waals surface area contributed by atoms with Gasteiger partial charge in [0.2, 0.25) is 5.89 Å². The quantitative estimate of drug-likeness (QED) is 0.181. The highest BCUT2D eigenvalue weighted by Gasteiger charge is 2.24. The van der Waals surface area contributed by atoms with E-state index in [2.05, 4.69) is 149 Å². The van der Waals surface area contributed by atoms with Gasteiger partial charge in [-0.25, -0.2) is 4.98 Å². The second-order valence-corrected chi connectivity index (χ2v) is 14.2. The minimum atomic E-state index is 0.606. The maximum atomic E-state index is 6.71. The van der Waals surface area contributed by atoms with Crippen molar-refractivity contribution in [2.24, 2.45) is 0 Å². The first-order chi connectivity index (χ1) is 25.8. The van der Waals surface area contributed by atoms with E-state index in [0.29, 0.717) is 5.89 Å². The maximum absolute atomic E-state index is 6.71. The van der Waals surface area contributed by atoms with Gasteiger partial charge in [-0.1, -0.05) is 103 Å². The number of rotatable bonds is 5. The molecule has 0 N–H and O–H groups in total. The minimum Gasteiger partial charge on any atom is -0.434 e. The average molecular weight is 684 g/mol. The monoisotopic (exact) mass is 683 g/mol. The van der Waals surface area contributed by atoms with Crippen LogP contribution < -0.4 is 4.90 Å². The van der Waals surface area contributed by atoms with Gasteiger partial charge in [0.15, 0.2) is 5.58 Å². The van der Waals surface area contributed by atoms with E-state index in [-0.39, 0.29) is 0 Å². The van der Waals surface area contributed by atoms with Crippen LogP contribution in [-0.2, 0) is 0 Å². The van der Waals surface area contributed by atoms with Crippen molar-refractivity contribution in [2.75, 3.05) is 4.90 Å². The third-order valence-electron chi connectivity index (χ3n) is 10.2. The van der Waals surface area contributed by atoms with Gasteiger partial charge in [-0.2, -0.15) is 0 Å². The molecule has 3 aromatic heterocycles. The van der Waals surface area contributed by atoms with Crippen LogP contribution in [-0.4, -0.2) is 9.55 Å². The molecule has 52 heavy (non-hydrogen) atoms. The fourth-order valence-corrected chi connectivity index (χ4v) is 9.04. The van der Waals surface area contributed by atoms with Crippen molar-refractivity contribution in [3.63, 3.8) is 0 Å². The molecule has 0 aliphatic heterocycles. The molecule has 0 spiro atoms. The number of anilines is 3. The molecule has 5 heteroatoms. The number of oxazole rings is 1. The number of para-hydroxylation sites is 3. The third kappa shape index (κ3) is 4.36. The highest BCUT2D eigenvalue weighted by Crippen LogP contribution is 2.48. The Labute approximate surface area is 303 Å². The van der Waals surface area contributed by atoms with Crippen molar-refractivity contribution in [1.82, 2.24) is 9.55 Å². The van der Waals surface area contributed by atoms with E-state index >= 15 is 0 Å². The van der Waals surface area contributed by atoms with Crippen molar-refractivity contribution in [3.8, 4) is 17.1 Å². The van der Waals surface area contributed by atoms with Crippen LogP contribution in [0.3, 0.4) is 0 Å². The highest BCUT2D eigenvalue weighted by molar-refractivity contribution is 7.26. The van der Waals surface area contributed by atoms with E-state index in [1.807, 2.05) is 47.7 Å². The SMILES string of the molecule is c1ccc(-c2nc3cccc(N(c4ccc5ccc6c7ccccc7n(-c7ccccc7)c6c5c4)c4cccc5sc6ccccc6c45)c3o2)cc1. The van der Waals surface area contributed by atoms with Gasteiger partial charge in [0.05, 0.1) is 22.4 Å². The fraction of sp³-hybridized carbons (Fsp3) is 0. The summed E-state index contributed by atoms with van der Waals surface area (Å²) >= 11 is 1.83. The fourth-order valence-electron chi connectivity index (χ4n) is 7.92. The largest absolute Gasteiger partial charge is 0.434 e. The first-order valence-electron chi connectivity index (χ1n) is 17.5. The minimum absolute atomic E-state index is 0.606. The van der Waals surface area contributed by atoms with E-state index in [1.165, 1.54) is 52.8 Å². The van der Waals surface area contributed by atoms with Gasteiger partial charge in [-0.3, -0.25) is 0 Å². The Morgan fingerprint density at radius 2 is 1.25 bits per heavy atom. The summed E-state index contributed by atoms with van der Waals surface area (Å²) in [7, 11) is 0. The summed E-state index contributed by atoms with van der Waals surface area (Å²) in [4.78, 5) is 7.35. The maximum Gasteiger partial charge on any atom is 0.227 e. The molecule has 0 amide bonds. The summed E-state index contributed by atoms with van der Waals surface area (Å²) < 4.78 is 11.6. The number of nitrogens with zero attached hydrogens (tertiary/aromatic N) is 3. The molecule has 4 nitrogen and oxygen atoms in total. The molecule has 0 saturated heterocycles.